The molecule has 0 saturated heterocycles. The molecule has 0 aliphatic heterocycles. The molecule has 10 heteroatoms. The first-order valence-electron chi connectivity index (χ1n) is 7.86. The minimum absolute atomic E-state index is 0.169. The van der Waals surface area contributed by atoms with Crippen molar-refractivity contribution < 1.29 is 9.72 Å². The van der Waals surface area contributed by atoms with E-state index in [0.717, 1.165) is 17.4 Å². The molecule has 0 unspecified atom stereocenters. The van der Waals surface area contributed by atoms with Crippen LogP contribution in [0.2, 0.25) is 0 Å². The van der Waals surface area contributed by atoms with E-state index >= 15 is 0 Å². The van der Waals surface area contributed by atoms with Gasteiger partial charge in [-0.25, -0.2) is 0 Å². The van der Waals surface area contributed by atoms with Gasteiger partial charge in [-0.3, -0.25) is 25.3 Å². The Hall–Kier alpha value is -3.40. The Morgan fingerprint density at radius 3 is 2.63 bits per heavy atom. The van der Waals surface area contributed by atoms with Crippen LogP contribution in [-0.2, 0) is 7.05 Å². The number of hydrazine groups is 1. The fourth-order valence-electron chi connectivity index (χ4n) is 2.28. The van der Waals surface area contributed by atoms with Crippen LogP contribution in [-0.4, -0.2) is 32.6 Å². The van der Waals surface area contributed by atoms with Crippen molar-refractivity contribution in [1.82, 2.24) is 20.2 Å². The van der Waals surface area contributed by atoms with Crippen molar-refractivity contribution in [2.24, 2.45) is 7.05 Å². The summed E-state index contributed by atoms with van der Waals surface area (Å²) in [5, 5.41) is 21.2. The maximum Gasteiger partial charge on any atom is 0.284 e. The smallest absolute Gasteiger partial charge is 0.284 e. The Morgan fingerprint density at radius 1 is 1.26 bits per heavy atom. The fraction of sp³-hybridized carbons (Fsp3) is 0.118. The average molecular weight is 384 g/mol. The molecule has 3 rings (SSSR count). The van der Waals surface area contributed by atoms with Gasteiger partial charge in [0.2, 0.25) is 0 Å². The first-order valence-corrected chi connectivity index (χ1v) is 8.67. The first-order chi connectivity index (χ1) is 13.0. The van der Waals surface area contributed by atoms with E-state index in [2.05, 4.69) is 15.6 Å². The van der Waals surface area contributed by atoms with E-state index in [1.54, 1.807) is 29.7 Å². The average Bonchev–Trinajstić information content (AvgIpc) is 3.07. The Labute approximate surface area is 159 Å². The van der Waals surface area contributed by atoms with Crippen molar-refractivity contribution in [1.29, 1.82) is 0 Å². The molecule has 1 N–H and O–H groups in total. The maximum absolute atomic E-state index is 12.5. The summed E-state index contributed by atoms with van der Waals surface area (Å²) in [6, 6.07) is 13.6. The third-order valence-electron chi connectivity index (χ3n) is 3.70. The quantitative estimate of drug-likeness (QED) is 0.514. The van der Waals surface area contributed by atoms with Crippen molar-refractivity contribution in [3.63, 3.8) is 0 Å². The molecule has 0 atom stereocenters. The summed E-state index contributed by atoms with van der Waals surface area (Å²) in [7, 11) is 3.44. The molecule has 1 heterocycles. The molecule has 0 saturated carbocycles. The van der Waals surface area contributed by atoms with Gasteiger partial charge in [-0.1, -0.05) is 18.2 Å². The number of nitrogens with zero attached hydrogens (tertiary/aromatic N) is 5. The number of hydrogen-bond donors (Lipinski definition) is 1. The Balaban J connectivity index is 1.82. The highest BCUT2D eigenvalue weighted by molar-refractivity contribution is 7.99. The molecule has 3 aromatic rings. The van der Waals surface area contributed by atoms with Crippen LogP contribution in [0, 0.1) is 10.1 Å². The van der Waals surface area contributed by atoms with E-state index in [4.69, 9.17) is 0 Å². The number of benzene rings is 2. The van der Waals surface area contributed by atoms with E-state index in [0.29, 0.717) is 10.1 Å². The molecule has 27 heavy (non-hydrogen) atoms. The van der Waals surface area contributed by atoms with E-state index in [1.165, 1.54) is 18.5 Å². The van der Waals surface area contributed by atoms with E-state index in [9.17, 15) is 14.9 Å². The topological polar surface area (TPSA) is 106 Å². The van der Waals surface area contributed by atoms with Crippen molar-refractivity contribution in [2.45, 2.75) is 10.1 Å². The molecule has 0 radical (unpaired) electrons. The fourth-order valence-corrected chi connectivity index (χ4v) is 3.13. The number of nitrogens with one attached hydrogen (secondary N) is 1. The van der Waals surface area contributed by atoms with Gasteiger partial charge >= 0.3 is 0 Å². The molecule has 0 aliphatic carbocycles. The zero-order valence-electron chi connectivity index (χ0n) is 14.6. The summed E-state index contributed by atoms with van der Waals surface area (Å²) >= 11 is 1.11. The predicted octanol–water partition coefficient (Wildman–Crippen LogP) is 2.66. The minimum Gasteiger partial charge on any atom is -0.311 e. The largest absolute Gasteiger partial charge is 0.311 e. The van der Waals surface area contributed by atoms with Gasteiger partial charge in [-0.05, 0) is 36.0 Å². The lowest BCUT2D eigenvalue weighted by molar-refractivity contribution is -0.387. The number of hydrogen-bond acceptors (Lipinski definition) is 7. The molecule has 0 spiro atoms. The van der Waals surface area contributed by atoms with Crippen LogP contribution < -0.4 is 10.4 Å². The van der Waals surface area contributed by atoms with Crippen LogP contribution in [0.3, 0.4) is 0 Å². The number of nitro groups is 1. The van der Waals surface area contributed by atoms with Crippen molar-refractivity contribution in [2.75, 3.05) is 12.1 Å². The number of amides is 1. The molecule has 1 aromatic heterocycles. The van der Waals surface area contributed by atoms with Crippen LogP contribution >= 0.6 is 11.8 Å². The molecular formula is C17H16N6O3S. The third kappa shape index (κ3) is 4.23. The number of aromatic nitrogens is 3. The number of para-hydroxylation sites is 1. The highest BCUT2D eigenvalue weighted by Gasteiger charge is 2.20. The second-order valence-corrected chi connectivity index (χ2v) is 6.61. The van der Waals surface area contributed by atoms with Gasteiger partial charge in [0, 0.05) is 25.7 Å². The molecule has 0 aliphatic rings. The second-order valence-electron chi connectivity index (χ2n) is 5.60. The lowest BCUT2D eigenvalue weighted by Gasteiger charge is -2.20. The lowest BCUT2D eigenvalue weighted by Crippen LogP contribution is -2.39. The molecule has 0 bridgehead atoms. The summed E-state index contributed by atoms with van der Waals surface area (Å²) in [5.74, 6) is -0.445. The van der Waals surface area contributed by atoms with E-state index in [-0.39, 0.29) is 11.3 Å². The first kappa shape index (κ1) is 18.4. The lowest BCUT2D eigenvalue weighted by atomic mass is 10.2. The summed E-state index contributed by atoms with van der Waals surface area (Å²) in [6.45, 7) is 0. The van der Waals surface area contributed by atoms with Gasteiger partial charge in [0.1, 0.15) is 6.33 Å². The van der Waals surface area contributed by atoms with Gasteiger partial charge in [-0.15, -0.1) is 10.2 Å². The molecule has 138 valence electrons. The van der Waals surface area contributed by atoms with Crippen LogP contribution in [0.25, 0.3) is 0 Å². The predicted molar refractivity (Wildman–Crippen MR) is 101 cm³/mol. The van der Waals surface area contributed by atoms with Crippen LogP contribution in [0.5, 0.6) is 0 Å². The minimum atomic E-state index is -0.517. The van der Waals surface area contributed by atoms with Gasteiger partial charge in [0.25, 0.3) is 11.6 Å². The standard InChI is InChI=1S/C17H16N6O3S/c1-21-11-18-19-17(21)27-15-9-8-12(10-14(15)23(25)26)16(24)20-22(2)13-6-4-3-5-7-13/h3-11H,1-2H3,(H,20,24). The number of nitro benzene ring substituents is 1. The molecule has 0 fully saturated rings. The third-order valence-corrected chi connectivity index (χ3v) is 4.82. The summed E-state index contributed by atoms with van der Waals surface area (Å²) in [5.41, 5.74) is 3.50. The maximum atomic E-state index is 12.5. The Bertz CT molecular complexity index is 976. The highest BCUT2D eigenvalue weighted by atomic mass is 32.2. The summed E-state index contributed by atoms with van der Waals surface area (Å²) in [6.07, 6.45) is 1.51. The normalized spacial score (nSPS) is 10.4. The number of anilines is 1. The summed E-state index contributed by atoms with van der Waals surface area (Å²) < 4.78 is 1.66. The Kier molecular flexibility index (Phi) is 5.36. The van der Waals surface area contributed by atoms with Gasteiger partial charge < -0.3 is 4.57 Å². The van der Waals surface area contributed by atoms with E-state index < -0.39 is 10.8 Å². The van der Waals surface area contributed by atoms with Gasteiger partial charge in [-0.2, -0.15) is 0 Å². The number of rotatable bonds is 6. The van der Waals surface area contributed by atoms with E-state index in [1.807, 2.05) is 30.3 Å². The number of aryl methyl sites for hydroxylation is 1. The second kappa shape index (κ2) is 7.87. The number of carbonyl (C=O) groups excluding carboxylic acids is 1. The molecule has 9 nitrogen and oxygen atoms in total. The molecule has 1 amide bonds. The van der Waals surface area contributed by atoms with Gasteiger partial charge in [0.05, 0.1) is 15.5 Å². The summed E-state index contributed by atoms with van der Waals surface area (Å²) in [4.78, 5) is 23.8. The monoisotopic (exact) mass is 384 g/mol. The van der Waals surface area contributed by atoms with Crippen molar-refractivity contribution in [3.05, 3.63) is 70.5 Å². The number of carbonyl (C=O) groups is 1. The van der Waals surface area contributed by atoms with Crippen LogP contribution in [0.1, 0.15) is 10.4 Å². The molecule has 2 aromatic carbocycles. The SMILES string of the molecule is CN(NC(=O)c1ccc(Sc2nncn2C)c([N+](=O)[O-])c1)c1ccccc1. The zero-order chi connectivity index (χ0) is 19.4. The van der Waals surface area contributed by atoms with Crippen molar-refractivity contribution in [3.8, 4) is 0 Å². The van der Waals surface area contributed by atoms with Gasteiger partial charge in [0.15, 0.2) is 5.16 Å². The van der Waals surface area contributed by atoms with Crippen LogP contribution in [0.4, 0.5) is 11.4 Å². The van der Waals surface area contributed by atoms with Crippen molar-refractivity contribution >= 4 is 29.0 Å². The zero-order valence-corrected chi connectivity index (χ0v) is 15.4. The highest BCUT2D eigenvalue weighted by Crippen LogP contribution is 2.34. The van der Waals surface area contributed by atoms with Crippen LogP contribution in [0.15, 0.2) is 64.9 Å². The molecular weight excluding hydrogens is 368 g/mol. The Morgan fingerprint density at radius 2 is 2.00 bits per heavy atom.